The van der Waals surface area contributed by atoms with E-state index in [1.165, 1.54) is 212 Å². The first-order valence-electron chi connectivity index (χ1n) is 36.1. The molecule has 0 aliphatic carbocycles. The Morgan fingerprint density at radius 3 is 0.735 bits per heavy atom. The number of unbranched alkanes of at least 4 members (excludes halogenated alkanes) is 41. The molecule has 0 spiro atoms. The lowest BCUT2D eigenvalue weighted by atomic mass is 10.0. The zero-order valence-electron chi connectivity index (χ0n) is 55.2. The van der Waals surface area contributed by atoms with Gasteiger partial charge in [-0.25, -0.2) is 0 Å². The highest BCUT2D eigenvalue weighted by atomic mass is 16.6. The van der Waals surface area contributed by atoms with Crippen LogP contribution in [0.1, 0.15) is 367 Å². The molecule has 0 aromatic heterocycles. The Morgan fingerprint density at radius 1 is 0.253 bits per heavy atom. The van der Waals surface area contributed by atoms with E-state index in [9.17, 15) is 14.4 Å². The van der Waals surface area contributed by atoms with E-state index in [2.05, 4.69) is 106 Å². The molecule has 0 aromatic carbocycles. The van der Waals surface area contributed by atoms with Crippen LogP contribution in [0, 0.1) is 0 Å². The highest BCUT2D eigenvalue weighted by molar-refractivity contribution is 5.71. The van der Waals surface area contributed by atoms with Gasteiger partial charge in [0.1, 0.15) is 13.2 Å². The maximum absolute atomic E-state index is 13.0. The quantitative estimate of drug-likeness (QED) is 0.0261. The number of carbonyl (C=O) groups is 3. The second kappa shape index (κ2) is 71.1. The van der Waals surface area contributed by atoms with E-state index < -0.39 is 6.10 Å². The Balaban J connectivity index is 4.30. The fourth-order valence-electron chi connectivity index (χ4n) is 10.6. The molecule has 0 aliphatic heterocycles. The molecule has 1 unspecified atom stereocenters. The standard InChI is InChI=1S/C77H136O6/c1-4-7-10-13-16-19-22-25-28-31-33-35-36-37-38-39-40-42-43-46-49-52-55-58-61-64-67-70-76(79)82-73-74(72-81-75(78)69-66-63-60-57-54-51-48-45-30-27-24-21-18-15-12-9-6-3)83-77(80)71-68-65-62-59-56-53-50-47-44-41-34-32-29-26-23-20-17-14-11-8-5-2/h8-9,11-12,17-18,20-21,26-27,29-30,34,41,74H,4-7,10,13-16,19,22-25,28,31-33,35-40,42-73H2,1-3H3/b11-8-,12-9-,20-17-,21-18-,29-26-,30-27-,41-34-. The predicted molar refractivity (Wildman–Crippen MR) is 362 cm³/mol. The summed E-state index contributed by atoms with van der Waals surface area (Å²) in [4.78, 5) is 38.5. The van der Waals surface area contributed by atoms with Crippen molar-refractivity contribution in [2.45, 2.75) is 374 Å². The van der Waals surface area contributed by atoms with E-state index in [4.69, 9.17) is 14.2 Å². The van der Waals surface area contributed by atoms with Gasteiger partial charge in [-0.15, -0.1) is 0 Å². The first-order chi connectivity index (χ1) is 41.0. The van der Waals surface area contributed by atoms with E-state index in [0.717, 1.165) is 116 Å². The van der Waals surface area contributed by atoms with Gasteiger partial charge in [0.25, 0.3) is 0 Å². The highest BCUT2D eigenvalue weighted by Gasteiger charge is 2.19. The summed E-state index contributed by atoms with van der Waals surface area (Å²) in [7, 11) is 0. The predicted octanol–water partition coefficient (Wildman–Crippen LogP) is 25.0. The van der Waals surface area contributed by atoms with Gasteiger partial charge in [0.15, 0.2) is 6.10 Å². The number of allylic oxidation sites excluding steroid dienone is 14. The molecule has 0 N–H and O–H groups in total. The lowest BCUT2D eigenvalue weighted by Crippen LogP contribution is -2.30. The number of hydrogen-bond acceptors (Lipinski definition) is 6. The molecular weight excluding hydrogens is 1020 g/mol. The average Bonchev–Trinajstić information content (AvgIpc) is 3.50. The van der Waals surface area contributed by atoms with Crippen molar-refractivity contribution in [3.63, 3.8) is 0 Å². The topological polar surface area (TPSA) is 78.9 Å². The van der Waals surface area contributed by atoms with Gasteiger partial charge in [-0.1, -0.05) is 343 Å². The Labute approximate surface area is 515 Å². The molecular formula is C77H136O6. The van der Waals surface area contributed by atoms with E-state index in [1.54, 1.807) is 0 Å². The van der Waals surface area contributed by atoms with Crippen LogP contribution in [0.25, 0.3) is 0 Å². The molecule has 1 atom stereocenters. The summed E-state index contributed by atoms with van der Waals surface area (Å²) in [5, 5.41) is 0. The summed E-state index contributed by atoms with van der Waals surface area (Å²) >= 11 is 0. The molecule has 0 heterocycles. The van der Waals surface area contributed by atoms with Gasteiger partial charge in [-0.2, -0.15) is 0 Å². The monoisotopic (exact) mass is 1160 g/mol. The molecule has 0 aromatic rings. The van der Waals surface area contributed by atoms with Crippen LogP contribution in [-0.2, 0) is 28.6 Å². The Hall–Kier alpha value is -3.41. The van der Waals surface area contributed by atoms with E-state index in [0.29, 0.717) is 19.3 Å². The van der Waals surface area contributed by atoms with Crippen LogP contribution < -0.4 is 0 Å². The van der Waals surface area contributed by atoms with Gasteiger partial charge in [-0.05, 0) is 89.9 Å². The van der Waals surface area contributed by atoms with Crippen molar-refractivity contribution >= 4 is 17.9 Å². The van der Waals surface area contributed by atoms with Crippen LogP contribution in [0.3, 0.4) is 0 Å². The van der Waals surface area contributed by atoms with Crippen LogP contribution in [0.2, 0.25) is 0 Å². The van der Waals surface area contributed by atoms with Gasteiger partial charge in [0.2, 0.25) is 0 Å². The fraction of sp³-hybridized carbons (Fsp3) is 0.779. The number of carbonyl (C=O) groups excluding carboxylic acids is 3. The van der Waals surface area contributed by atoms with Crippen molar-refractivity contribution in [1.82, 2.24) is 0 Å². The summed E-state index contributed by atoms with van der Waals surface area (Å²) in [6.07, 6.45) is 94.7. The van der Waals surface area contributed by atoms with Gasteiger partial charge in [0, 0.05) is 19.3 Å². The van der Waals surface area contributed by atoms with Crippen LogP contribution in [0.5, 0.6) is 0 Å². The van der Waals surface area contributed by atoms with Crippen molar-refractivity contribution in [3.05, 3.63) is 85.1 Å². The maximum Gasteiger partial charge on any atom is 0.306 e. The normalized spacial score (nSPS) is 12.6. The summed E-state index contributed by atoms with van der Waals surface area (Å²) in [6, 6.07) is 0. The number of ether oxygens (including phenoxy) is 3. The Kier molecular flexibility index (Phi) is 68.2. The zero-order chi connectivity index (χ0) is 59.9. The lowest BCUT2D eigenvalue weighted by molar-refractivity contribution is -0.167. The third-order valence-electron chi connectivity index (χ3n) is 15.9. The fourth-order valence-corrected chi connectivity index (χ4v) is 10.6. The first kappa shape index (κ1) is 79.6. The van der Waals surface area contributed by atoms with E-state index >= 15 is 0 Å². The van der Waals surface area contributed by atoms with Crippen LogP contribution >= 0.6 is 0 Å². The van der Waals surface area contributed by atoms with Crippen LogP contribution in [0.15, 0.2) is 85.1 Å². The molecule has 83 heavy (non-hydrogen) atoms. The highest BCUT2D eigenvalue weighted by Crippen LogP contribution is 2.18. The van der Waals surface area contributed by atoms with Crippen molar-refractivity contribution in [2.75, 3.05) is 13.2 Å². The largest absolute Gasteiger partial charge is 0.462 e. The molecule has 0 saturated carbocycles. The SMILES string of the molecule is CC/C=C\C/C=C\C/C=C\C/C=C\CCCCCCCCCCC(=O)OC(COC(=O)CCCCCCCCC/C=C\C/C=C\C/C=C\CC)COC(=O)CCCCCCCCCCCCCCCCCCCCCCCCCCCCC. The molecule has 0 bridgehead atoms. The minimum absolute atomic E-state index is 0.0799. The summed E-state index contributed by atoms with van der Waals surface area (Å²) in [5.74, 6) is -0.878. The lowest BCUT2D eigenvalue weighted by Gasteiger charge is -2.18. The van der Waals surface area contributed by atoms with E-state index in [-0.39, 0.29) is 31.1 Å². The molecule has 0 amide bonds. The Morgan fingerprint density at radius 2 is 0.470 bits per heavy atom. The minimum atomic E-state index is -0.787. The van der Waals surface area contributed by atoms with Crippen LogP contribution in [0.4, 0.5) is 0 Å². The molecule has 0 saturated heterocycles. The Bertz CT molecular complexity index is 1570. The molecule has 0 fully saturated rings. The van der Waals surface area contributed by atoms with Gasteiger partial charge in [0.05, 0.1) is 0 Å². The zero-order valence-corrected chi connectivity index (χ0v) is 55.2. The van der Waals surface area contributed by atoms with Gasteiger partial charge in [-0.3, -0.25) is 14.4 Å². The maximum atomic E-state index is 13.0. The second-order valence-electron chi connectivity index (χ2n) is 24.1. The molecule has 0 radical (unpaired) electrons. The van der Waals surface area contributed by atoms with Crippen molar-refractivity contribution < 1.29 is 28.6 Å². The van der Waals surface area contributed by atoms with E-state index in [1.807, 2.05) is 0 Å². The second-order valence-corrected chi connectivity index (χ2v) is 24.1. The molecule has 6 nitrogen and oxygen atoms in total. The van der Waals surface area contributed by atoms with Gasteiger partial charge >= 0.3 is 17.9 Å². The smallest absolute Gasteiger partial charge is 0.306 e. The molecule has 0 aliphatic rings. The van der Waals surface area contributed by atoms with Crippen molar-refractivity contribution in [1.29, 1.82) is 0 Å². The minimum Gasteiger partial charge on any atom is -0.462 e. The van der Waals surface area contributed by atoms with Crippen molar-refractivity contribution in [3.8, 4) is 0 Å². The third-order valence-corrected chi connectivity index (χ3v) is 15.9. The third kappa shape index (κ3) is 69.3. The number of esters is 3. The first-order valence-corrected chi connectivity index (χ1v) is 36.1. The molecule has 480 valence electrons. The van der Waals surface area contributed by atoms with Crippen molar-refractivity contribution in [2.24, 2.45) is 0 Å². The average molecular weight is 1160 g/mol. The molecule has 6 heteroatoms. The van der Waals surface area contributed by atoms with Crippen LogP contribution in [-0.4, -0.2) is 37.2 Å². The summed E-state index contributed by atoms with van der Waals surface area (Å²) < 4.78 is 17.0. The summed E-state index contributed by atoms with van der Waals surface area (Å²) in [5.41, 5.74) is 0. The number of hydrogen-bond donors (Lipinski definition) is 0. The number of rotatable bonds is 66. The van der Waals surface area contributed by atoms with Gasteiger partial charge < -0.3 is 14.2 Å². The summed E-state index contributed by atoms with van der Waals surface area (Å²) in [6.45, 7) is 6.46. The molecule has 0 rings (SSSR count).